The molecule has 0 unspecified atom stereocenters. The molecule has 0 aromatic rings. The molecule has 11 nitrogen and oxygen atoms in total. The van der Waals surface area contributed by atoms with Crippen LogP contribution in [0.2, 0.25) is 0 Å². The van der Waals surface area contributed by atoms with Gasteiger partial charge in [-0.25, -0.2) is 0 Å². The first kappa shape index (κ1) is 18.9. The van der Waals surface area contributed by atoms with E-state index in [1.807, 2.05) is 0 Å². The standard InChI is InChI=1S/C12H22O11/c13-1-3-5(14)8(17)10(19)12(23-3)21-2-4-6(15)7(16)9(18)11(20)22-4/h3-20H,1-2H2/t3-,4-,5-,6+,7-,8+,9-,10-,11-,12-/m0/s1. The topological polar surface area (TPSA) is 190 Å². The van der Waals surface area contributed by atoms with Crippen molar-refractivity contribution in [1.82, 2.24) is 0 Å². The van der Waals surface area contributed by atoms with Gasteiger partial charge >= 0.3 is 0 Å². The third kappa shape index (κ3) is 3.81. The van der Waals surface area contributed by atoms with Gasteiger partial charge in [-0.3, -0.25) is 0 Å². The van der Waals surface area contributed by atoms with Crippen molar-refractivity contribution >= 4 is 0 Å². The van der Waals surface area contributed by atoms with Crippen LogP contribution >= 0.6 is 0 Å². The van der Waals surface area contributed by atoms with E-state index in [-0.39, 0.29) is 0 Å². The van der Waals surface area contributed by atoms with E-state index in [1.54, 1.807) is 0 Å². The van der Waals surface area contributed by atoms with Crippen molar-refractivity contribution in [3.05, 3.63) is 0 Å². The van der Waals surface area contributed by atoms with Gasteiger partial charge in [0, 0.05) is 0 Å². The summed E-state index contributed by atoms with van der Waals surface area (Å²) >= 11 is 0. The van der Waals surface area contributed by atoms with Crippen molar-refractivity contribution in [1.29, 1.82) is 0 Å². The lowest BCUT2D eigenvalue weighted by molar-refractivity contribution is -0.325. The van der Waals surface area contributed by atoms with Crippen LogP contribution in [0, 0.1) is 0 Å². The maximum atomic E-state index is 9.78. The minimum absolute atomic E-state index is 0.468. The van der Waals surface area contributed by atoms with Gasteiger partial charge in [-0.2, -0.15) is 0 Å². The summed E-state index contributed by atoms with van der Waals surface area (Å²) in [6.45, 7) is -1.10. The maximum absolute atomic E-state index is 9.78. The van der Waals surface area contributed by atoms with Gasteiger partial charge in [-0.1, -0.05) is 0 Å². The molecule has 2 aliphatic rings. The highest BCUT2D eigenvalue weighted by Gasteiger charge is 2.46. The summed E-state index contributed by atoms with van der Waals surface area (Å²) in [5.41, 5.74) is 0. The number of aliphatic hydroxyl groups is 8. The molecule has 23 heavy (non-hydrogen) atoms. The largest absolute Gasteiger partial charge is 0.394 e. The first-order valence-electron chi connectivity index (χ1n) is 7.07. The highest BCUT2D eigenvalue weighted by Crippen LogP contribution is 2.24. The summed E-state index contributed by atoms with van der Waals surface area (Å²) in [4.78, 5) is 0. The van der Waals surface area contributed by atoms with Crippen molar-refractivity contribution in [2.45, 2.75) is 61.4 Å². The van der Waals surface area contributed by atoms with Crippen LogP contribution in [0.25, 0.3) is 0 Å². The summed E-state index contributed by atoms with van der Waals surface area (Å²) < 4.78 is 15.1. The molecular formula is C12H22O11. The molecule has 11 heteroatoms. The van der Waals surface area contributed by atoms with Crippen molar-refractivity contribution in [3.63, 3.8) is 0 Å². The quantitative estimate of drug-likeness (QED) is 0.243. The molecule has 10 atom stereocenters. The molecule has 2 saturated heterocycles. The Balaban J connectivity index is 1.94. The van der Waals surface area contributed by atoms with E-state index in [0.717, 1.165) is 0 Å². The van der Waals surface area contributed by atoms with Gasteiger partial charge in [-0.15, -0.1) is 0 Å². The average Bonchev–Trinajstić information content (AvgIpc) is 2.54. The summed E-state index contributed by atoms with van der Waals surface area (Å²) in [5.74, 6) is 0. The van der Waals surface area contributed by atoms with Gasteiger partial charge in [-0.05, 0) is 0 Å². The molecule has 2 fully saturated rings. The zero-order chi connectivity index (χ0) is 17.3. The Hall–Kier alpha value is -0.440. The molecule has 0 amide bonds. The van der Waals surface area contributed by atoms with Crippen LogP contribution < -0.4 is 0 Å². The maximum Gasteiger partial charge on any atom is 0.186 e. The second-order valence-electron chi connectivity index (χ2n) is 5.57. The van der Waals surface area contributed by atoms with E-state index in [4.69, 9.17) is 19.3 Å². The van der Waals surface area contributed by atoms with Crippen molar-refractivity contribution in [3.8, 4) is 0 Å². The summed E-state index contributed by atoms with van der Waals surface area (Å²) in [7, 11) is 0. The Kier molecular flexibility index (Phi) is 6.27. The monoisotopic (exact) mass is 342 g/mol. The minimum Gasteiger partial charge on any atom is -0.394 e. The second kappa shape index (κ2) is 7.63. The molecule has 0 bridgehead atoms. The summed E-state index contributed by atoms with van der Waals surface area (Å²) in [5, 5.41) is 76.1. The van der Waals surface area contributed by atoms with Crippen LogP contribution in [0.1, 0.15) is 0 Å². The summed E-state index contributed by atoms with van der Waals surface area (Å²) in [6.07, 6.45) is -15.3. The number of hydrogen-bond donors (Lipinski definition) is 8. The third-order valence-corrected chi connectivity index (χ3v) is 3.96. The average molecular weight is 342 g/mol. The van der Waals surface area contributed by atoms with E-state index < -0.39 is 74.6 Å². The van der Waals surface area contributed by atoms with E-state index in [2.05, 4.69) is 0 Å². The molecule has 136 valence electrons. The van der Waals surface area contributed by atoms with Gasteiger partial charge in [0.05, 0.1) is 13.2 Å². The lowest BCUT2D eigenvalue weighted by atomic mass is 9.98. The smallest absolute Gasteiger partial charge is 0.186 e. The van der Waals surface area contributed by atoms with Gasteiger partial charge in [0.25, 0.3) is 0 Å². The lowest BCUT2D eigenvalue weighted by Crippen LogP contribution is -2.61. The van der Waals surface area contributed by atoms with E-state index in [0.29, 0.717) is 0 Å². The highest BCUT2D eigenvalue weighted by atomic mass is 16.7. The SMILES string of the molecule is OC[C@@H]1O[C@H](OC[C@@H]2O[C@H](O)[C@@H](O)[C@@H](O)[C@@H]2O)[C@@H](O)[C@H](O)[C@H]1O. The van der Waals surface area contributed by atoms with Gasteiger partial charge in [0.2, 0.25) is 0 Å². The van der Waals surface area contributed by atoms with Crippen LogP contribution in [0.5, 0.6) is 0 Å². The van der Waals surface area contributed by atoms with Crippen LogP contribution in [0.3, 0.4) is 0 Å². The van der Waals surface area contributed by atoms with Crippen molar-refractivity contribution in [2.75, 3.05) is 13.2 Å². The molecular weight excluding hydrogens is 320 g/mol. The molecule has 0 spiro atoms. The molecule has 0 radical (unpaired) electrons. The minimum atomic E-state index is -1.74. The fourth-order valence-corrected chi connectivity index (χ4v) is 2.46. The van der Waals surface area contributed by atoms with Crippen LogP contribution in [-0.4, -0.2) is 115 Å². The van der Waals surface area contributed by atoms with Crippen molar-refractivity contribution < 1.29 is 55.1 Å². The van der Waals surface area contributed by atoms with Crippen LogP contribution in [-0.2, 0) is 14.2 Å². The Morgan fingerprint density at radius 1 is 0.652 bits per heavy atom. The van der Waals surface area contributed by atoms with Crippen molar-refractivity contribution in [2.24, 2.45) is 0 Å². The molecule has 0 aromatic heterocycles. The Morgan fingerprint density at radius 3 is 1.83 bits per heavy atom. The van der Waals surface area contributed by atoms with Crippen LogP contribution in [0.4, 0.5) is 0 Å². The van der Waals surface area contributed by atoms with E-state index >= 15 is 0 Å². The molecule has 2 heterocycles. The molecule has 2 rings (SSSR count). The molecule has 8 N–H and O–H groups in total. The van der Waals surface area contributed by atoms with Gasteiger partial charge in [0.1, 0.15) is 48.8 Å². The Morgan fingerprint density at radius 2 is 1.22 bits per heavy atom. The normalized spacial score (nSPS) is 51.7. The Labute approximate surface area is 130 Å². The molecule has 0 aromatic carbocycles. The zero-order valence-corrected chi connectivity index (χ0v) is 12.0. The first-order chi connectivity index (χ1) is 10.8. The number of hydrogen-bond acceptors (Lipinski definition) is 11. The summed E-state index contributed by atoms with van der Waals surface area (Å²) in [6, 6.07) is 0. The van der Waals surface area contributed by atoms with Crippen LogP contribution in [0.15, 0.2) is 0 Å². The predicted octanol–water partition coefficient (Wildman–Crippen LogP) is -5.40. The van der Waals surface area contributed by atoms with E-state index in [1.165, 1.54) is 0 Å². The lowest BCUT2D eigenvalue weighted by Gasteiger charge is -2.41. The predicted molar refractivity (Wildman–Crippen MR) is 68.6 cm³/mol. The Bertz CT molecular complexity index is 380. The fraction of sp³-hybridized carbons (Fsp3) is 1.00. The van der Waals surface area contributed by atoms with E-state index in [9.17, 15) is 35.7 Å². The molecule has 2 aliphatic heterocycles. The number of rotatable bonds is 4. The number of ether oxygens (including phenoxy) is 3. The highest BCUT2D eigenvalue weighted by molar-refractivity contribution is 4.91. The van der Waals surface area contributed by atoms with Gasteiger partial charge in [0.15, 0.2) is 12.6 Å². The molecule has 0 saturated carbocycles. The third-order valence-electron chi connectivity index (χ3n) is 3.96. The first-order valence-corrected chi connectivity index (χ1v) is 7.07. The molecule has 0 aliphatic carbocycles. The zero-order valence-electron chi connectivity index (χ0n) is 12.0. The second-order valence-corrected chi connectivity index (χ2v) is 5.57. The van der Waals surface area contributed by atoms with Gasteiger partial charge < -0.3 is 55.1 Å². The number of aliphatic hydroxyl groups excluding tert-OH is 8. The fourth-order valence-electron chi connectivity index (χ4n) is 2.46.